The molecular formula is C12H13N5O3. The first-order valence-electron chi connectivity index (χ1n) is 5.79. The summed E-state index contributed by atoms with van der Waals surface area (Å²) in [5, 5.41) is 21.2. The van der Waals surface area contributed by atoms with Gasteiger partial charge in [-0.05, 0) is 24.6 Å². The molecule has 1 aromatic carbocycles. The molecular weight excluding hydrogens is 262 g/mol. The summed E-state index contributed by atoms with van der Waals surface area (Å²) in [6, 6.07) is 6.85. The van der Waals surface area contributed by atoms with Crippen molar-refractivity contribution in [3.63, 3.8) is 0 Å². The van der Waals surface area contributed by atoms with Gasteiger partial charge >= 0.3 is 12.0 Å². The Balaban J connectivity index is 1.94. The quantitative estimate of drug-likeness (QED) is 0.779. The van der Waals surface area contributed by atoms with E-state index in [1.807, 2.05) is 25.1 Å². The lowest BCUT2D eigenvalue weighted by atomic mass is 10.2. The Labute approximate surface area is 114 Å². The lowest BCUT2D eigenvalue weighted by Gasteiger charge is -2.05. The van der Waals surface area contributed by atoms with Crippen LogP contribution in [0.15, 0.2) is 30.5 Å². The number of amides is 2. The first-order valence-corrected chi connectivity index (χ1v) is 5.79. The van der Waals surface area contributed by atoms with Gasteiger partial charge in [0.05, 0.1) is 6.20 Å². The molecule has 0 radical (unpaired) electrons. The third-order valence-electron chi connectivity index (χ3n) is 2.33. The molecule has 104 valence electrons. The van der Waals surface area contributed by atoms with Crippen molar-refractivity contribution in [2.45, 2.75) is 13.5 Å². The first kappa shape index (κ1) is 13.5. The van der Waals surface area contributed by atoms with E-state index in [1.54, 1.807) is 6.07 Å². The molecule has 2 rings (SSSR count). The van der Waals surface area contributed by atoms with Crippen LogP contribution in [0.2, 0.25) is 0 Å². The first-order chi connectivity index (χ1) is 9.52. The van der Waals surface area contributed by atoms with Gasteiger partial charge in [0.25, 0.3) is 0 Å². The molecule has 0 aliphatic heterocycles. The number of aromatic nitrogens is 3. The Hall–Kier alpha value is -2.90. The summed E-state index contributed by atoms with van der Waals surface area (Å²) in [5.74, 6) is -0.882. The van der Waals surface area contributed by atoms with Crippen LogP contribution >= 0.6 is 0 Å². The maximum atomic E-state index is 11.7. The summed E-state index contributed by atoms with van der Waals surface area (Å²) in [6.07, 6.45) is 1.28. The average Bonchev–Trinajstić information content (AvgIpc) is 2.75. The molecule has 0 atom stereocenters. The molecule has 0 unspecified atom stereocenters. The number of urea groups is 1. The van der Waals surface area contributed by atoms with Gasteiger partial charge < -0.3 is 10.4 Å². The summed E-state index contributed by atoms with van der Waals surface area (Å²) >= 11 is 0. The molecule has 0 saturated heterocycles. The minimum atomic E-state index is -1.06. The summed E-state index contributed by atoms with van der Waals surface area (Å²) in [6.45, 7) is 1.56. The Morgan fingerprint density at radius 1 is 1.35 bits per heavy atom. The topological polar surface area (TPSA) is 109 Å². The van der Waals surface area contributed by atoms with Crippen LogP contribution in [0, 0.1) is 6.92 Å². The van der Waals surface area contributed by atoms with Crippen molar-refractivity contribution >= 4 is 23.5 Å². The summed E-state index contributed by atoms with van der Waals surface area (Å²) in [7, 11) is 0. The minimum absolute atomic E-state index is 0.177. The van der Waals surface area contributed by atoms with Gasteiger partial charge in [-0.3, -0.25) is 10.1 Å². The Morgan fingerprint density at radius 3 is 2.85 bits per heavy atom. The second kappa shape index (κ2) is 5.83. The number of aryl methyl sites for hydroxylation is 1. The van der Waals surface area contributed by atoms with E-state index in [9.17, 15) is 9.59 Å². The van der Waals surface area contributed by atoms with Crippen LogP contribution in [-0.2, 0) is 11.3 Å². The predicted molar refractivity (Wildman–Crippen MR) is 71.5 cm³/mol. The zero-order chi connectivity index (χ0) is 14.5. The molecule has 8 nitrogen and oxygen atoms in total. The van der Waals surface area contributed by atoms with Crippen LogP contribution in [-0.4, -0.2) is 32.1 Å². The number of carboxylic acid groups (broad SMARTS) is 1. The largest absolute Gasteiger partial charge is 0.480 e. The molecule has 1 aromatic heterocycles. The minimum Gasteiger partial charge on any atom is -0.480 e. The van der Waals surface area contributed by atoms with Crippen molar-refractivity contribution in [3.8, 4) is 0 Å². The standard InChI is InChI=1S/C12H13N5O3/c1-8-3-2-4-9(5-8)14-12(20)15-10-6-13-17(16-10)7-11(18)19/h2-6H,7H2,1H3,(H,18,19)(H2,14,15,16,20). The Kier molecular flexibility index (Phi) is 3.94. The van der Waals surface area contributed by atoms with E-state index in [-0.39, 0.29) is 12.4 Å². The lowest BCUT2D eigenvalue weighted by Crippen LogP contribution is -2.20. The molecule has 2 amide bonds. The fraction of sp³-hybridized carbons (Fsp3) is 0.167. The third kappa shape index (κ3) is 3.80. The molecule has 0 saturated carbocycles. The number of rotatable bonds is 4. The fourth-order valence-corrected chi connectivity index (χ4v) is 1.55. The Bertz CT molecular complexity index is 638. The maximum Gasteiger partial charge on any atom is 0.327 e. The van der Waals surface area contributed by atoms with E-state index in [4.69, 9.17) is 5.11 Å². The number of hydrogen-bond donors (Lipinski definition) is 3. The molecule has 3 N–H and O–H groups in total. The SMILES string of the molecule is Cc1cccc(NC(=O)Nc2cnn(CC(=O)O)n2)c1. The summed E-state index contributed by atoms with van der Waals surface area (Å²) in [4.78, 5) is 23.2. The van der Waals surface area contributed by atoms with Crippen molar-refractivity contribution in [2.75, 3.05) is 10.6 Å². The summed E-state index contributed by atoms with van der Waals surface area (Å²) in [5.41, 5.74) is 1.68. The van der Waals surface area contributed by atoms with Crippen LogP contribution in [0.4, 0.5) is 16.3 Å². The van der Waals surface area contributed by atoms with Crippen molar-refractivity contribution < 1.29 is 14.7 Å². The van der Waals surface area contributed by atoms with Crippen molar-refractivity contribution in [2.24, 2.45) is 0 Å². The van der Waals surface area contributed by atoms with Gasteiger partial charge in [-0.15, -0.1) is 5.10 Å². The van der Waals surface area contributed by atoms with E-state index in [0.29, 0.717) is 5.69 Å². The Morgan fingerprint density at radius 2 is 2.15 bits per heavy atom. The zero-order valence-corrected chi connectivity index (χ0v) is 10.7. The van der Waals surface area contributed by atoms with Crippen molar-refractivity contribution in [1.82, 2.24) is 15.0 Å². The van der Waals surface area contributed by atoms with Gasteiger partial charge in [-0.1, -0.05) is 12.1 Å². The van der Waals surface area contributed by atoms with Crippen LogP contribution in [0.5, 0.6) is 0 Å². The molecule has 20 heavy (non-hydrogen) atoms. The highest BCUT2D eigenvalue weighted by molar-refractivity contribution is 5.99. The van der Waals surface area contributed by atoms with Crippen LogP contribution in [0.1, 0.15) is 5.56 Å². The molecule has 8 heteroatoms. The normalized spacial score (nSPS) is 10.1. The van der Waals surface area contributed by atoms with E-state index in [2.05, 4.69) is 20.8 Å². The number of nitrogens with one attached hydrogen (secondary N) is 2. The highest BCUT2D eigenvalue weighted by Crippen LogP contribution is 2.10. The summed E-state index contributed by atoms with van der Waals surface area (Å²) < 4.78 is 0. The van der Waals surface area contributed by atoms with Crippen LogP contribution in [0.3, 0.4) is 0 Å². The van der Waals surface area contributed by atoms with Crippen molar-refractivity contribution in [1.29, 1.82) is 0 Å². The number of carboxylic acids is 1. The fourth-order valence-electron chi connectivity index (χ4n) is 1.55. The number of anilines is 2. The molecule has 2 aromatic rings. The maximum absolute atomic E-state index is 11.7. The number of hydrogen-bond acceptors (Lipinski definition) is 4. The van der Waals surface area contributed by atoms with Crippen LogP contribution in [0.25, 0.3) is 0 Å². The number of benzene rings is 1. The van der Waals surface area contributed by atoms with Crippen LogP contribution < -0.4 is 10.6 Å². The number of carbonyl (C=O) groups excluding carboxylic acids is 1. The van der Waals surface area contributed by atoms with Gasteiger partial charge in [0.1, 0.15) is 0 Å². The predicted octanol–water partition coefficient (Wildman–Crippen LogP) is 1.32. The molecule has 0 bridgehead atoms. The lowest BCUT2D eigenvalue weighted by molar-refractivity contribution is -0.138. The monoisotopic (exact) mass is 275 g/mol. The third-order valence-corrected chi connectivity index (χ3v) is 2.33. The van der Waals surface area contributed by atoms with Gasteiger partial charge in [-0.25, -0.2) is 4.79 Å². The number of carbonyl (C=O) groups is 2. The molecule has 0 spiro atoms. The van der Waals surface area contributed by atoms with Gasteiger partial charge in [0.2, 0.25) is 0 Å². The van der Waals surface area contributed by atoms with E-state index >= 15 is 0 Å². The highest BCUT2D eigenvalue weighted by Gasteiger charge is 2.07. The molecule has 0 fully saturated rings. The van der Waals surface area contributed by atoms with E-state index < -0.39 is 12.0 Å². The van der Waals surface area contributed by atoms with Gasteiger partial charge in [0, 0.05) is 5.69 Å². The van der Waals surface area contributed by atoms with E-state index in [1.165, 1.54) is 6.20 Å². The number of nitrogens with zero attached hydrogens (tertiary/aromatic N) is 3. The molecule has 0 aliphatic carbocycles. The van der Waals surface area contributed by atoms with Gasteiger partial charge in [-0.2, -0.15) is 9.90 Å². The highest BCUT2D eigenvalue weighted by atomic mass is 16.4. The second-order valence-corrected chi connectivity index (χ2v) is 4.10. The van der Waals surface area contributed by atoms with Crippen molar-refractivity contribution in [3.05, 3.63) is 36.0 Å². The molecule has 1 heterocycles. The number of aliphatic carboxylic acids is 1. The van der Waals surface area contributed by atoms with E-state index in [0.717, 1.165) is 10.4 Å². The molecule has 0 aliphatic rings. The second-order valence-electron chi connectivity index (χ2n) is 4.10. The smallest absolute Gasteiger partial charge is 0.327 e. The zero-order valence-electron chi connectivity index (χ0n) is 10.7. The van der Waals surface area contributed by atoms with Gasteiger partial charge in [0.15, 0.2) is 12.4 Å². The average molecular weight is 275 g/mol.